The van der Waals surface area contributed by atoms with Gasteiger partial charge in [-0.3, -0.25) is 9.69 Å². The number of benzene rings is 2. The predicted octanol–water partition coefficient (Wildman–Crippen LogP) is 2.34. The van der Waals surface area contributed by atoms with Gasteiger partial charge in [0.2, 0.25) is 11.6 Å². The molecule has 0 aliphatic carbocycles. The highest BCUT2D eigenvalue weighted by Gasteiger charge is 2.35. The Hall–Kier alpha value is -3.82. The second kappa shape index (κ2) is 9.67. The van der Waals surface area contributed by atoms with Gasteiger partial charge >= 0.3 is 0 Å². The highest BCUT2D eigenvalue weighted by atomic mass is 19.1. The summed E-state index contributed by atoms with van der Waals surface area (Å²) in [5.74, 6) is -2.53. The van der Waals surface area contributed by atoms with Gasteiger partial charge in [0.15, 0.2) is 0 Å². The first kappa shape index (κ1) is 23.9. The molecule has 2 atom stereocenters. The molecule has 186 valence electrons. The third kappa shape index (κ3) is 4.43. The Bertz CT molecular complexity index is 1320. The van der Waals surface area contributed by atoms with Gasteiger partial charge in [0.1, 0.15) is 23.8 Å². The Balaban J connectivity index is 1.24. The molecule has 1 amide bonds. The molecule has 0 saturated carbocycles. The number of hydrogen-bond donors (Lipinski definition) is 1. The summed E-state index contributed by atoms with van der Waals surface area (Å²) in [5.41, 5.74) is 1.39. The molecule has 36 heavy (non-hydrogen) atoms. The number of amides is 1. The molecule has 9 nitrogen and oxygen atoms in total. The average molecular weight is 496 g/mol. The minimum Gasteiger partial charge on any atom is -0.340 e. The van der Waals surface area contributed by atoms with Crippen LogP contribution in [0.5, 0.6) is 0 Å². The molecule has 12 heteroatoms. The van der Waals surface area contributed by atoms with Crippen LogP contribution >= 0.6 is 0 Å². The largest absolute Gasteiger partial charge is 0.340 e. The molecule has 3 aromatic rings. The van der Waals surface area contributed by atoms with Crippen molar-refractivity contribution in [2.24, 2.45) is 0 Å². The van der Waals surface area contributed by atoms with Gasteiger partial charge in [-0.05, 0) is 34.5 Å². The van der Waals surface area contributed by atoms with Crippen molar-refractivity contribution < 1.29 is 18.0 Å². The zero-order valence-corrected chi connectivity index (χ0v) is 19.5. The second-order valence-electron chi connectivity index (χ2n) is 8.99. The Morgan fingerprint density at radius 3 is 2.64 bits per heavy atom. The number of rotatable bonds is 4. The highest BCUT2D eigenvalue weighted by Crippen LogP contribution is 2.32. The first-order valence-electron chi connectivity index (χ1n) is 11.5. The molecule has 1 N–H and O–H groups in total. The van der Waals surface area contributed by atoms with Crippen molar-refractivity contribution in [1.29, 1.82) is 0 Å². The van der Waals surface area contributed by atoms with Crippen molar-refractivity contribution in [3.05, 3.63) is 76.2 Å². The number of halogens is 3. The second-order valence-corrected chi connectivity index (χ2v) is 8.99. The maximum atomic E-state index is 14.7. The van der Waals surface area contributed by atoms with Gasteiger partial charge in [0.05, 0.1) is 18.7 Å². The zero-order chi connectivity index (χ0) is 25.4. The number of carbonyl (C=O) groups excluding carboxylic acids is 1. The first-order valence-corrected chi connectivity index (χ1v) is 11.5. The molecule has 0 radical (unpaired) electrons. The minimum absolute atomic E-state index is 0.0388. The van der Waals surface area contributed by atoms with Crippen LogP contribution in [0.2, 0.25) is 0 Å². The summed E-state index contributed by atoms with van der Waals surface area (Å²) in [4.78, 5) is 20.2. The van der Waals surface area contributed by atoms with Gasteiger partial charge in [-0.15, -0.1) is 5.10 Å². The number of aromatic nitrogens is 4. The molecule has 2 aromatic carbocycles. The van der Waals surface area contributed by atoms with Crippen LogP contribution in [0.1, 0.15) is 22.7 Å². The minimum atomic E-state index is -0.830. The molecular formula is C24H23F3N8O. The van der Waals surface area contributed by atoms with Gasteiger partial charge in [-0.25, -0.2) is 22.7 Å². The van der Waals surface area contributed by atoms with Crippen molar-refractivity contribution in [2.45, 2.75) is 25.4 Å². The molecule has 1 aromatic heterocycles. The van der Waals surface area contributed by atoms with E-state index >= 15 is 0 Å². The number of nitrogens with one attached hydrogen (secondary N) is 1. The van der Waals surface area contributed by atoms with Crippen LogP contribution in [0, 0.1) is 30.9 Å². The molecule has 2 aliphatic heterocycles. The van der Waals surface area contributed by atoms with Crippen molar-refractivity contribution >= 4 is 11.6 Å². The van der Waals surface area contributed by atoms with E-state index in [0.29, 0.717) is 38.3 Å². The Kier molecular flexibility index (Phi) is 6.42. The summed E-state index contributed by atoms with van der Waals surface area (Å²) in [6.45, 7) is 11.7. The number of hydrogen-bond acceptors (Lipinski definition) is 6. The summed E-state index contributed by atoms with van der Waals surface area (Å²) in [6.07, 6.45) is 0.840. The molecule has 2 aliphatic rings. The van der Waals surface area contributed by atoms with E-state index in [-0.39, 0.29) is 41.3 Å². The van der Waals surface area contributed by atoms with E-state index in [4.69, 9.17) is 6.57 Å². The fraction of sp³-hybridized carbons (Fsp3) is 0.375. The number of fused-ring (bicyclic) bond motifs is 1. The fourth-order valence-corrected chi connectivity index (χ4v) is 4.97. The summed E-state index contributed by atoms with van der Waals surface area (Å²) in [7, 11) is 0. The van der Waals surface area contributed by atoms with Crippen molar-refractivity contribution in [3.8, 4) is 5.69 Å². The van der Waals surface area contributed by atoms with Crippen molar-refractivity contribution in [2.75, 3.05) is 32.7 Å². The number of nitrogens with zero attached hydrogens (tertiary/aromatic N) is 7. The third-order valence-corrected chi connectivity index (χ3v) is 6.95. The smallest absolute Gasteiger partial charge is 0.227 e. The number of piperazine rings is 2. The lowest BCUT2D eigenvalue weighted by Gasteiger charge is -2.47. The maximum Gasteiger partial charge on any atom is 0.227 e. The maximum absolute atomic E-state index is 14.7. The molecule has 0 unspecified atom stereocenters. The van der Waals surface area contributed by atoms with Crippen molar-refractivity contribution in [3.63, 3.8) is 0 Å². The summed E-state index contributed by atoms with van der Waals surface area (Å²) in [6, 6.07) is 5.21. The van der Waals surface area contributed by atoms with E-state index in [2.05, 4.69) is 30.6 Å². The van der Waals surface area contributed by atoms with Gasteiger partial charge in [-0.2, -0.15) is 0 Å². The van der Waals surface area contributed by atoms with Crippen LogP contribution in [0.3, 0.4) is 0 Å². The van der Waals surface area contributed by atoms with Crippen LogP contribution in [-0.2, 0) is 11.2 Å². The highest BCUT2D eigenvalue weighted by molar-refractivity contribution is 5.79. The van der Waals surface area contributed by atoms with Crippen LogP contribution in [0.25, 0.3) is 10.5 Å². The SMILES string of the molecule is [C-]#[N+]c1c(F)ccc([C@@H]2CN3CCN(C(=O)Cc4c(F)cc(-n5cnnn5)cc4F)C[C@H]3CN2)c1C. The van der Waals surface area contributed by atoms with Crippen LogP contribution in [-0.4, -0.2) is 74.7 Å². The Morgan fingerprint density at radius 2 is 1.94 bits per heavy atom. The fourth-order valence-electron chi connectivity index (χ4n) is 4.97. The van der Waals surface area contributed by atoms with Crippen LogP contribution in [0.15, 0.2) is 30.6 Å². The normalized spacial score (nSPS) is 20.1. The predicted molar refractivity (Wildman–Crippen MR) is 123 cm³/mol. The van der Waals surface area contributed by atoms with E-state index in [1.807, 2.05) is 0 Å². The molecule has 0 bridgehead atoms. The lowest BCUT2D eigenvalue weighted by atomic mass is 9.95. The Labute approximate surface area is 205 Å². The summed E-state index contributed by atoms with van der Waals surface area (Å²) in [5, 5.41) is 14.0. The summed E-state index contributed by atoms with van der Waals surface area (Å²) >= 11 is 0. The molecule has 2 saturated heterocycles. The zero-order valence-electron chi connectivity index (χ0n) is 19.5. The van der Waals surface area contributed by atoms with E-state index in [9.17, 15) is 18.0 Å². The van der Waals surface area contributed by atoms with Gasteiger partial charge in [-0.1, -0.05) is 6.07 Å². The average Bonchev–Trinajstić information content (AvgIpc) is 3.41. The first-order chi connectivity index (χ1) is 17.4. The van der Waals surface area contributed by atoms with Crippen molar-refractivity contribution in [1.82, 2.24) is 35.3 Å². The lowest BCUT2D eigenvalue weighted by Crippen LogP contribution is -2.62. The Morgan fingerprint density at radius 1 is 1.17 bits per heavy atom. The molecule has 2 fully saturated rings. The van der Waals surface area contributed by atoms with E-state index < -0.39 is 17.5 Å². The molecular weight excluding hydrogens is 473 g/mol. The number of tetrazole rings is 1. The standard InChI is InChI=1S/C24H23F3N8O/c1-14-17(3-4-19(25)24(14)28-2)22-12-33-5-6-34(11-16(33)10-29-22)23(36)9-18-20(26)7-15(8-21(18)27)35-13-30-31-32-35/h3-4,7-8,13,16,22,29H,5-6,9-12H2,1H3/t16-,22+/m1/s1. The third-order valence-electron chi connectivity index (χ3n) is 6.95. The lowest BCUT2D eigenvalue weighted by molar-refractivity contribution is -0.134. The molecule has 5 rings (SSSR count). The quantitative estimate of drug-likeness (QED) is 0.559. The van der Waals surface area contributed by atoms with Gasteiger partial charge < -0.3 is 10.2 Å². The van der Waals surface area contributed by atoms with E-state index in [1.54, 1.807) is 17.9 Å². The van der Waals surface area contributed by atoms with Gasteiger partial charge in [0.25, 0.3) is 0 Å². The van der Waals surface area contributed by atoms with Gasteiger partial charge in [0, 0.05) is 62.5 Å². The van der Waals surface area contributed by atoms with Crippen LogP contribution < -0.4 is 5.32 Å². The summed E-state index contributed by atoms with van der Waals surface area (Å²) < 4.78 is 44.4. The monoisotopic (exact) mass is 496 g/mol. The topological polar surface area (TPSA) is 83.5 Å². The van der Waals surface area contributed by atoms with Crippen LogP contribution in [0.4, 0.5) is 18.9 Å². The molecule has 3 heterocycles. The van der Waals surface area contributed by atoms with E-state index in [1.165, 1.54) is 12.4 Å². The number of carbonyl (C=O) groups is 1. The molecule has 0 spiro atoms. The van der Waals surface area contributed by atoms with E-state index in [0.717, 1.165) is 22.4 Å².